The number of ether oxygens (including phenoxy) is 2. The lowest BCUT2D eigenvalue weighted by Crippen LogP contribution is -2.21. The Morgan fingerprint density at radius 1 is 1.47 bits per heavy atom. The van der Waals surface area contributed by atoms with Gasteiger partial charge in [-0.05, 0) is 12.3 Å². The van der Waals surface area contributed by atoms with Crippen molar-refractivity contribution in [3.05, 3.63) is 16.1 Å². The van der Waals surface area contributed by atoms with Crippen molar-refractivity contribution in [2.75, 3.05) is 13.7 Å². The number of carbonyl (C=O) groups is 1. The van der Waals surface area contributed by atoms with Gasteiger partial charge in [-0.25, -0.2) is 4.98 Å². The first-order valence-electron chi connectivity index (χ1n) is 6.51. The van der Waals surface area contributed by atoms with Gasteiger partial charge in [0.2, 0.25) is 0 Å². The molecule has 0 radical (unpaired) electrons. The van der Waals surface area contributed by atoms with Crippen molar-refractivity contribution in [2.24, 2.45) is 5.41 Å². The fourth-order valence-electron chi connectivity index (χ4n) is 1.75. The molecule has 0 aliphatic rings. The predicted molar refractivity (Wildman–Crippen MR) is 76.3 cm³/mol. The van der Waals surface area contributed by atoms with E-state index in [-0.39, 0.29) is 17.5 Å². The molecule has 0 aliphatic heterocycles. The minimum atomic E-state index is -0.202. The lowest BCUT2D eigenvalue weighted by Gasteiger charge is -2.28. The molecule has 0 bridgehead atoms. The number of hydrogen-bond acceptors (Lipinski definition) is 5. The van der Waals surface area contributed by atoms with Gasteiger partial charge in [0.1, 0.15) is 11.1 Å². The molecule has 0 amide bonds. The van der Waals surface area contributed by atoms with Crippen molar-refractivity contribution in [3.8, 4) is 0 Å². The van der Waals surface area contributed by atoms with E-state index in [0.717, 1.165) is 10.7 Å². The van der Waals surface area contributed by atoms with Gasteiger partial charge in [0, 0.05) is 18.4 Å². The van der Waals surface area contributed by atoms with Gasteiger partial charge in [0.25, 0.3) is 0 Å². The Kier molecular flexibility index (Phi) is 5.94. The molecule has 1 atom stereocenters. The van der Waals surface area contributed by atoms with Crippen LogP contribution in [0, 0.1) is 5.41 Å². The maximum atomic E-state index is 11.1. The highest BCUT2D eigenvalue weighted by atomic mass is 32.1. The average molecular weight is 285 g/mol. The molecule has 0 N–H and O–H groups in total. The standard InChI is InChI=1S/C14H23NO3S/c1-6-18-12(14(2,3)4)13-15-10(9-19-13)7-8-11(16)17-5/h9,12H,6-8H2,1-5H3. The Balaban J connectivity index is 2.73. The summed E-state index contributed by atoms with van der Waals surface area (Å²) >= 11 is 1.60. The van der Waals surface area contributed by atoms with E-state index < -0.39 is 0 Å². The molecule has 108 valence electrons. The Labute approximate surface area is 119 Å². The minimum Gasteiger partial charge on any atom is -0.469 e. The van der Waals surface area contributed by atoms with Gasteiger partial charge in [-0.3, -0.25) is 4.79 Å². The van der Waals surface area contributed by atoms with Gasteiger partial charge in [0.15, 0.2) is 0 Å². The van der Waals surface area contributed by atoms with Gasteiger partial charge < -0.3 is 9.47 Å². The van der Waals surface area contributed by atoms with Crippen molar-refractivity contribution in [3.63, 3.8) is 0 Å². The summed E-state index contributed by atoms with van der Waals surface area (Å²) in [6, 6.07) is 0. The molecule has 1 unspecified atom stereocenters. The molecule has 0 aromatic carbocycles. The third kappa shape index (κ3) is 4.91. The zero-order chi connectivity index (χ0) is 14.5. The maximum Gasteiger partial charge on any atom is 0.305 e. The molecule has 1 rings (SSSR count). The third-order valence-electron chi connectivity index (χ3n) is 2.73. The van der Waals surface area contributed by atoms with Crippen molar-refractivity contribution < 1.29 is 14.3 Å². The lowest BCUT2D eigenvalue weighted by molar-refractivity contribution is -0.140. The summed E-state index contributed by atoms with van der Waals surface area (Å²) in [6.07, 6.45) is 0.982. The molecule has 5 heteroatoms. The molecule has 0 fully saturated rings. The number of thiazole rings is 1. The summed E-state index contributed by atoms with van der Waals surface area (Å²) < 4.78 is 10.4. The number of nitrogens with zero attached hydrogens (tertiary/aromatic N) is 1. The Morgan fingerprint density at radius 3 is 2.68 bits per heavy atom. The highest BCUT2D eigenvalue weighted by Gasteiger charge is 2.29. The van der Waals surface area contributed by atoms with Gasteiger partial charge in [-0.1, -0.05) is 20.8 Å². The maximum absolute atomic E-state index is 11.1. The van der Waals surface area contributed by atoms with Crippen molar-refractivity contribution in [2.45, 2.75) is 46.6 Å². The van der Waals surface area contributed by atoms with Gasteiger partial charge >= 0.3 is 5.97 Å². The Morgan fingerprint density at radius 2 is 2.16 bits per heavy atom. The van der Waals surface area contributed by atoms with Gasteiger partial charge in [0.05, 0.1) is 19.2 Å². The van der Waals surface area contributed by atoms with E-state index in [0.29, 0.717) is 19.4 Å². The highest BCUT2D eigenvalue weighted by molar-refractivity contribution is 7.09. The number of esters is 1. The van der Waals surface area contributed by atoms with Crippen molar-refractivity contribution >= 4 is 17.3 Å². The van der Waals surface area contributed by atoms with Crippen LogP contribution in [-0.4, -0.2) is 24.7 Å². The van der Waals surface area contributed by atoms with Crippen LogP contribution >= 0.6 is 11.3 Å². The fraction of sp³-hybridized carbons (Fsp3) is 0.714. The van der Waals surface area contributed by atoms with Crippen LogP contribution in [0.5, 0.6) is 0 Å². The molecular formula is C14H23NO3S. The predicted octanol–water partition coefficient (Wildman–Crippen LogP) is 3.37. The zero-order valence-corrected chi connectivity index (χ0v) is 13.2. The van der Waals surface area contributed by atoms with Gasteiger partial charge in [-0.2, -0.15) is 0 Å². The number of hydrogen-bond donors (Lipinski definition) is 0. The summed E-state index contributed by atoms with van der Waals surface area (Å²) in [7, 11) is 1.40. The Hall–Kier alpha value is -0.940. The Bertz CT molecular complexity index is 409. The lowest BCUT2D eigenvalue weighted by atomic mass is 9.89. The van der Waals surface area contributed by atoms with Crippen LogP contribution in [0.25, 0.3) is 0 Å². The van der Waals surface area contributed by atoms with Crippen LogP contribution in [0.4, 0.5) is 0 Å². The van der Waals surface area contributed by atoms with E-state index >= 15 is 0 Å². The third-order valence-corrected chi connectivity index (χ3v) is 3.66. The van der Waals surface area contributed by atoms with E-state index in [9.17, 15) is 4.79 Å². The average Bonchev–Trinajstić information content (AvgIpc) is 2.79. The summed E-state index contributed by atoms with van der Waals surface area (Å²) in [4.78, 5) is 15.7. The molecule has 0 aliphatic carbocycles. The van der Waals surface area contributed by atoms with Crippen LogP contribution in [0.15, 0.2) is 5.38 Å². The number of carbonyl (C=O) groups excluding carboxylic acids is 1. The molecule has 19 heavy (non-hydrogen) atoms. The second kappa shape index (κ2) is 7.01. The largest absolute Gasteiger partial charge is 0.469 e. The summed E-state index contributed by atoms with van der Waals surface area (Å²) in [5.41, 5.74) is 0.937. The van der Waals surface area contributed by atoms with Crippen LogP contribution in [-0.2, 0) is 20.7 Å². The number of aromatic nitrogens is 1. The monoisotopic (exact) mass is 285 g/mol. The van der Waals surface area contributed by atoms with Gasteiger partial charge in [-0.15, -0.1) is 11.3 Å². The second-order valence-electron chi connectivity index (χ2n) is 5.45. The molecular weight excluding hydrogens is 262 g/mol. The molecule has 4 nitrogen and oxygen atoms in total. The smallest absolute Gasteiger partial charge is 0.305 e. The topological polar surface area (TPSA) is 48.4 Å². The normalized spacial score (nSPS) is 13.3. The van der Waals surface area contributed by atoms with Crippen molar-refractivity contribution in [1.29, 1.82) is 0 Å². The SMILES string of the molecule is CCOC(c1nc(CCC(=O)OC)cs1)C(C)(C)C. The van der Waals surface area contributed by atoms with E-state index in [4.69, 9.17) is 4.74 Å². The second-order valence-corrected chi connectivity index (χ2v) is 6.34. The highest BCUT2D eigenvalue weighted by Crippen LogP contribution is 2.37. The van der Waals surface area contributed by atoms with E-state index in [1.165, 1.54) is 7.11 Å². The number of aryl methyl sites for hydroxylation is 1. The number of methoxy groups -OCH3 is 1. The first-order chi connectivity index (χ1) is 8.88. The zero-order valence-electron chi connectivity index (χ0n) is 12.4. The summed E-state index contributed by atoms with van der Waals surface area (Å²) in [5.74, 6) is -0.202. The van der Waals surface area contributed by atoms with E-state index in [1.807, 2.05) is 12.3 Å². The first kappa shape index (κ1) is 16.1. The van der Waals surface area contributed by atoms with Crippen LogP contribution < -0.4 is 0 Å². The van der Waals surface area contributed by atoms with E-state index in [2.05, 4.69) is 30.5 Å². The van der Waals surface area contributed by atoms with E-state index in [1.54, 1.807) is 11.3 Å². The number of rotatable bonds is 6. The summed E-state index contributed by atoms with van der Waals surface area (Å²) in [5, 5.41) is 2.98. The molecule has 1 aromatic heterocycles. The van der Waals surface area contributed by atoms with Crippen molar-refractivity contribution in [1.82, 2.24) is 4.98 Å². The first-order valence-corrected chi connectivity index (χ1v) is 7.39. The molecule has 0 saturated heterocycles. The van der Waals surface area contributed by atoms with Crippen LogP contribution in [0.2, 0.25) is 0 Å². The van der Waals surface area contributed by atoms with Crippen LogP contribution in [0.3, 0.4) is 0 Å². The molecule has 0 spiro atoms. The molecule has 0 saturated carbocycles. The van der Waals surface area contributed by atoms with Crippen LogP contribution in [0.1, 0.15) is 50.9 Å². The minimum absolute atomic E-state index is 0.00521. The molecule has 1 aromatic rings. The fourth-order valence-corrected chi connectivity index (χ4v) is 2.89. The quantitative estimate of drug-likeness (QED) is 0.752. The molecule has 1 heterocycles. The summed E-state index contributed by atoms with van der Waals surface area (Å²) in [6.45, 7) is 9.08.